The molecule has 1 fully saturated rings. The molecule has 5 nitrogen and oxygen atoms in total. The summed E-state index contributed by atoms with van der Waals surface area (Å²) in [5.74, 6) is 0.206. The number of hydrogen-bond acceptors (Lipinski definition) is 4. The van der Waals surface area contributed by atoms with Crippen molar-refractivity contribution in [2.75, 3.05) is 18.0 Å². The Bertz CT molecular complexity index is 733. The Balaban J connectivity index is 1.84. The van der Waals surface area contributed by atoms with Crippen molar-refractivity contribution in [2.45, 2.75) is 25.6 Å². The van der Waals surface area contributed by atoms with Crippen molar-refractivity contribution in [3.05, 3.63) is 42.0 Å². The normalized spacial score (nSPS) is 18.4. The second-order valence-corrected chi connectivity index (χ2v) is 5.91. The Morgan fingerprint density at radius 3 is 2.83 bits per heavy atom. The van der Waals surface area contributed by atoms with Crippen LogP contribution >= 0.6 is 0 Å². The maximum Gasteiger partial charge on any atom is 0.418 e. The van der Waals surface area contributed by atoms with E-state index in [1.165, 1.54) is 18.5 Å². The highest BCUT2D eigenvalue weighted by atomic mass is 19.4. The largest absolute Gasteiger partial charge is 0.418 e. The lowest BCUT2D eigenvalue weighted by atomic mass is 9.96. The highest BCUT2D eigenvalue weighted by molar-refractivity contribution is 5.58. The number of aromatic nitrogens is 3. The van der Waals surface area contributed by atoms with E-state index in [-0.39, 0.29) is 17.2 Å². The zero-order valence-electron chi connectivity index (χ0n) is 12.9. The average molecular weight is 335 g/mol. The van der Waals surface area contributed by atoms with Gasteiger partial charge in [-0.15, -0.1) is 0 Å². The summed E-state index contributed by atoms with van der Waals surface area (Å²) in [4.78, 5) is 5.65. The lowest BCUT2D eigenvalue weighted by Gasteiger charge is -2.35. The molecule has 1 aromatic heterocycles. The highest BCUT2D eigenvalue weighted by Gasteiger charge is 2.36. The number of benzene rings is 1. The van der Waals surface area contributed by atoms with Crippen LogP contribution < -0.4 is 4.90 Å². The van der Waals surface area contributed by atoms with E-state index in [4.69, 9.17) is 5.26 Å². The van der Waals surface area contributed by atoms with Crippen molar-refractivity contribution in [1.82, 2.24) is 14.8 Å². The second-order valence-electron chi connectivity index (χ2n) is 5.91. The first-order valence-corrected chi connectivity index (χ1v) is 7.66. The van der Waals surface area contributed by atoms with Crippen LogP contribution in [0.1, 0.15) is 24.0 Å². The number of piperidine rings is 1. The molecule has 0 unspecified atom stereocenters. The summed E-state index contributed by atoms with van der Waals surface area (Å²) in [5.41, 5.74) is -0.588. The quantitative estimate of drug-likeness (QED) is 0.865. The summed E-state index contributed by atoms with van der Waals surface area (Å²) < 4.78 is 41.8. The van der Waals surface area contributed by atoms with Gasteiger partial charge in [-0.1, -0.05) is 0 Å². The predicted octanol–water partition coefficient (Wildman–Crippen LogP) is 3.09. The van der Waals surface area contributed by atoms with Gasteiger partial charge in [0, 0.05) is 25.3 Å². The highest BCUT2D eigenvalue weighted by Crippen LogP contribution is 2.38. The molecule has 1 aliphatic rings. The van der Waals surface area contributed by atoms with Crippen molar-refractivity contribution in [2.24, 2.45) is 5.92 Å². The third-order valence-electron chi connectivity index (χ3n) is 4.20. The molecule has 8 heteroatoms. The van der Waals surface area contributed by atoms with Gasteiger partial charge in [0.1, 0.15) is 12.7 Å². The number of nitriles is 1. The zero-order chi connectivity index (χ0) is 17.2. The molecule has 1 saturated heterocycles. The smallest absolute Gasteiger partial charge is 0.371 e. The molecular weight excluding hydrogens is 319 g/mol. The maximum atomic E-state index is 13.4. The van der Waals surface area contributed by atoms with Crippen molar-refractivity contribution in [3.8, 4) is 6.07 Å². The lowest BCUT2D eigenvalue weighted by Crippen LogP contribution is -2.38. The molecule has 0 amide bonds. The van der Waals surface area contributed by atoms with E-state index in [0.717, 1.165) is 18.9 Å². The molecule has 0 bridgehead atoms. The molecule has 24 heavy (non-hydrogen) atoms. The fraction of sp³-hybridized carbons (Fsp3) is 0.438. The minimum Gasteiger partial charge on any atom is -0.371 e. The lowest BCUT2D eigenvalue weighted by molar-refractivity contribution is -0.137. The molecule has 2 aromatic rings. The Hall–Kier alpha value is -2.56. The molecule has 1 aliphatic heterocycles. The molecule has 1 atom stereocenters. The van der Waals surface area contributed by atoms with Gasteiger partial charge in [-0.05, 0) is 37.0 Å². The number of rotatable bonds is 3. The summed E-state index contributed by atoms with van der Waals surface area (Å²) in [6, 6.07) is 5.54. The standard InChI is InChI=1S/C16H16F3N5/c17-16(18,19)14-6-12(7-20)3-4-15(14)23-5-1-2-13(8-23)9-24-11-21-10-22-24/h3-4,6,10-11,13H,1-2,5,8-9H2/t13-/m0/s1. The summed E-state index contributed by atoms with van der Waals surface area (Å²) >= 11 is 0. The van der Waals surface area contributed by atoms with Crippen molar-refractivity contribution in [3.63, 3.8) is 0 Å². The molecule has 2 heterocycles. The number of anilines is 1. The van der Waals surface area contributed by atoms with Crippen LogP contribution in [0.4, 0.5) is 18.9 Å². The fourth-order valence-corrected chi connectivity index (χ4v) is 3.13. The van der Waals surface area contributed by atoms with Crippen LogP contribution in [-0.4, -0.2) is 27.9 Å². The second kappa shape index (κ2) is 6.51. The fourth-order valence-electron chi connectivity index (χ4n) is 3.13. The molecule has 0 radical (unpaired) electrons. The van der Waals surface area contributed by atoms with Crippen molar-refractivity contribution < 1.29 is 13.2 Å². The third-order valence-corrected chi connectivity index (χ3v) is 4.20. The van der Waals surface area contributed by atoms with Crippen LogP contribution in [0.5, 0.6) is 0 Å². The van der Waals surface area contributed by atoms with Gasteiger partial charge in [0.2, 0.25) is 0 Å². The van der Waals surface area contributed by atoms with E-state index in [9.17, 15) is 13.2 Å². The summed E-state index contributed by atoms with van der Waals surface area (Å²) in [6.45, 7) is 1.73. The Kier molecular flexibility index (Phi) is 4.42. The minimum atomic E-state index is -4.49. The number of alkyl halides is 3. The minimum absolute atomic E-state index is 0.0160. The molecule has 0 saturated carbocycles. The average Bonchev–Trinajstić information content (AvgIpc) is 3.06. The summed E-state index contributed by atoms with van der Waals surface area (Å²) in [5, 5.41) is 12.9. The van der Waals surface area contributed by atoms with E-state index >= 15 is 0 Å². The topological polar surface area (TPSA) is 57.7 Å². The summed E-state index contributed by atoms with van der Waals surface area (Å²) in [7, 11) is 0. The van der Waals surface area contributed by atoms with Crippen molar-refractivity contribution >= 4 is 5.69 Å². The van der Waals surface area contributed by atoms with E-state index in [1.54, 1.807) is 22.0 Å². The van der Waals surface area contributed by atoms with Gasteiger partial charge in [0.05, 0.1) is 17.2 Å². The van der Waals surface area contributed by atoms with E-state index in [0.29, 0.717) is 19.6 Å². The first kappa shape index (κ1) is 16.3. The van der Waals surface area contributed by atoms with Gasteiger partial charge in [0.15, 0.2) is 0 Å². The molecule has 0 aliphatic carbocycles. The van der Waals surface area contributed by atoms with Crippen LogP contribution in [0.2, 0.25) is 0 Å². The number of hydrogen-bond donors (Lipinski definition) is 0. The molecular formula is C16H16F3N5. The van der Waals surface area contributed by atoms with Crippen molar-refractivity contribution in [1.29, 1.82) is 5.26 Å². The van der Waals surface area contributed by atoms with E-state index < -0.39 is 11.7 Å². The molecule has 126 valence electrons. The van der Waals surface area contributed by atoms with Crippen LogP contribution in [0.3, 0.4) is 0 Å². The van der Waals surface area contributed by atoms with Gasteiger partial charge < -0.3 is 4.90 Å². The van der Waals surface area contributed by atoms with Gasteiger partial charge in [-0.2, -0.15) is 23.5 Å². The molecule has 1 aromatic carbocycles. The van der Waals surface area contributed by atoms with Gasteiger partial charge >= 0.3 is 6.18 Å². The van der Waals surface area contributed by atoms with E-state index in [2.05, 4.69) is 10.1 Å². The predicted molar refractivity (Wildman–Crippen MR) is 81.1 cm³/mol. The van der Waals surface area contributed by atoms with Crippen LogP contribution in [-0.2, 0) is 12.7 Å². The number of nitrogens with zero attached hydrogens (tertiary/aromatic N) is 5. The maximum absolute atomic E-state index is 13.4. The molecule has 3 rings (SSSR count). The Labute approximate surface area is 137 Å². The van der Waals surface area contributed by atoms with E-state index in [1.807, 2.05) is 0 Å². The summed E-state index contributed by atoms with van der Waals surface area (Å²) in [6.07, 6.45) is 0.330. The van der Waals surface area contributed by atoms with Gasteiger partial charge in [0.25, 0.3) is 0 Å². The van der Waals surface area contributed by atoms with Crippen LogP contribution in [0.15, 0.2) is 30.9 Å². The monoisotopic (exact) mass is 335 g/mol. The van der Waals surface area contributed by atoms with Gasteiger partial charge in [-0.25, -0.2) is 4.98 Å². The van der Waals surface area contributed by atoms with Crippen LogP contribution in [0.25, 0.3) is 0 Å². The van der Waals surface area contributed by atoms with Crippen LogP contribution in [0, 0.1) is 17.2 Å². The number of halogens is 3. The third kappa shape index (κ3) is 3.50. The Morgan fingerprint density at radius 2 is 2.17 bits per heavy atom. The first-order valence-electron chi connectivity index (χ1n) is 7.66. The molecule has 0 N–H and O–H groups in total. The van der Waals surface area contributed by atoms with Gasteiger partial charge in [-0.3, -0.25) is 4.68 Å². The first-order chi connectivity index (χ1) is 11.5. The SMILES string of the molecule is N#Cc1ccc(N2CCC[C@H](Cn3cncn3)C2)c(C(F)(F)F)c1. The zero-order valence-corrected chi connectivity index (χ0v) is 12.9. The molecule has 0 spiro atoms. The Morgan fingerprint density at radius 1 is 1.33 bits per heavy atom.